The van der Waals surface area contributed by atoms with Crippen LogP contribution in [0.15, 0.2) is 36.5 Å². The van der Waals surface area contributed by atoms with Crippen LogP contribution in [-0.4, -0.2) is 47.9 Å². The zero-order chi connectivity index (χ0) is 20.1. The Labute approximate surface area is 160 Å². The van der Waals surface area contributed by atoms with Crippen LogP contribution in [0.3, 0.4) is 0 Å². The van der Waals surface area contributed by atoms with E-state index in [-0.39, 0.29) is 16.2 Å². The third-order valence-corrected chi connectivity index (χ3v) is 6.91. The molecule has 1 fully saturated rings. The van der Waals surface area contributed by atoms with Gasteiger partial charge in [-0.1, -0.05) is 0 Å². The van der Waals surface area contributed by atoms with E-state index < -0.39 is 27.2 Å². The summed E-state index contributed by atoms with van der Waals surface area (Å²) in [6.07, 6.45) is 3.78. The number of halogens is 2. The van der Waals surface area contributed by atoms with Crippen LogP contribution in [0.1, 0.15) is 12.8 Å². The van der Waals surface area contributed by atoms with E-state index in [1.165, 1.54) is 17.1 Å². The Bertz CT molecular complexity index is 1140. The van der Waals surface area contributed by atoms with Crippen molar-refractivity contribution in [2.75, 3.05) is 24.2 Å². The molecule has 2 heterocycles. The number of phenols is 1. The Balaban J connectivity index is 1.60. The van der Waals surface area contributed by atoms with Crippen LogP contribution >= 0.6 is 0 Å². The van der Waals surface area contributed by atoms with Gasteiger partial charge >= 0.3 is 0 Å². The Hall–Kier alpha value is -2.68. The molecule has 0 aliphatic carbocycles. The minimum atomic E-state index is -3.02. The minimum absolute atomic E-state index is 0.000571. The normalized spacial score (nSPS) is 16.0. The first-order valence-electron chi connectivity index (χ1n) is 8.84. The molecule has 1 aliphatic rings. The molecule has 1 aliphatic heterocycles. The van der Waals surface area contributed by atoms with Crippen LogP contribution in [0.25, 0.3) is 16.6 Å². The molecule has 148 valence electrons. The number of sulfone groups is 1. The third kappa shape index (κ3) is 3.19. The zero-order valence-electron chi connectivity index (χ0n) is 15.1. The van der Waals surface area contributed by atoms with Crippen LogP contribution in [0.4, 0.5) is 14.5 Å². The Morgan fingerprint density at radius 3 is 2.32 bits per heavy atom. The van der Waals surface area contributed by atoms with E-state index in [2.05, 4.69) is 10.00 Å². The van der Waals surface area contributed by atoms with Crippen molar-refractivity contribution in [1.29, 1.82) is 0 Å². The molecule has 0 radical (unpaired) electrons. The fourth-order valence-electron chi connectivity index (χ4n) is 3.65. The molecule has 2 aromatic carbocycles. The van der Waals surface area contributed by atoms with Crippen molar-refractivity contribution in [2.45, 2.75) is 18.1 Å². The molecule has 1 saturated heterocycles. The van der Waals surface area contributed by atoms with Gasteiger partial charge in [-0.2, -0.15) is 5.10 Å². The van der Waals surface area contributed by atoms with E-state index in [4.69, 9.17) is 0 Å². The molecule has 0 amide bonds. The lowest BCUT2D eigenvalue weighted by molar-refractivity contribution is 0.399. The molecule has 1 aromatic heterocycles. The van der Waals surface area contributed by atoms with Gasteiger partial charge in [0.15, 0.2) is 17.4 Å². The highest BCUT2D eigenvalue weighted by Crippen LogP contribution is 2.31. The molecule has 28 heavy (non-hydrogen) atoms. The molecule has 9 heteroatoms. The second-order valence-electron chi connectivity index (χ2n) is 7.05. The highest BCUT2D eigenvalue weighted by molar-refractivity contribution is 7.91. The van der Waals surface area contributed by atoms with Gasteiger partial charge in [-0.3, -0.25) is 0 Å². The lowest BCUT2D eigenvalue weighted by atomic mass is 10.1. The van der Waals surface area contributed by atoms with Gasteiger partial charge in [0.1, 0.15) is 15.4 Å². The minimum Gasteiger partial charge on any atom is -0.503 e. The van der Waals surface area contributed by atoms with E-state index in [1.807, 2.05) is 12.1 Å². The largest absolute Gasteiger partial charge is 0.503 e. The molecule has 0 saturated carbocycles. The van der Waals surface area contributed by atoms with Crippen molar-refractivity contribution in [3.8, 4) is 11.4 Å². The number of rotatable bonds is 3. The van der Waals surface area contributed by atoms with Gasteiger partial charge in [0.2, 0.25) is 0 Å². The fraction of sp³-hybridized carbons (Fsp3) is 0.316. The quantitative estimate of drug-likeness (QED) is 0.722. The second-order valence-corrected chi connectivity index (χ2v) is 9.37. The molecular weight excluding hydrogens is 388 g/mol. The molecule has 0 bridgehead atoms. The summed E-state index contributed by atoms with van der Waals surface area (Å²) in [5.74, 6) is -3.11. The van der Waals surface area contributed by atoms with Gasteiger partial charge in [0, 0.05) is 30.4 Å². The number of fused-ring (bicyclic) bond motifs is 1. The van der Waals surface area contributed by atoms with Crippen LogP contribution in [-0.2, 0) is 9.84 Å². The number of anilines is 1. The van der Waals surface area contributed by atoms with Gasteiger partial charge in [-0.15, -0.1) is 0 Å². The van der Waals surface area contributed by atoms with Crippen molar-refractivity contribution in [3.05, 3.63) is 48.2 Å². The third-order valence-electron chi connectivity index (χ3n) is 5.23. The summed E-state index contributed by atoms with van der Waals surface area (Å²) in [6, 6.07) is 8.25. The molecule has 0 unspecified atom stereocenters. The fourth-order valence-corrected chi connectivity index (χ4v) is 4.72. The molecular formula is C19H19F2N3O3S. The lowest BCUT2D eigenvalue weighted by Gasteiger charge is -2.32. The number of aromatic hydroxyl groups is 1. The summed E-state index contributed by atoms with van der Waals surface area (Å²) in [5, 5.41) is 13.6. The van der Waals surface area contributed by atoms with Gasteiger partial charge in [-0.05, 0) is 43.2 Å². The van der Waals surface area contributed by atoms with Crippen molar-refractivity contribution >= 4 is 26.4 Å². The first kappa shape index (κ1) is 18.7. The first-order valence-corrected chi connectivity index (χ1v) is 10.8. The van der Waals surface area contributed by atoms with E-state index in [0.29, 0.717) is 31.6 Å². The predicted molar refractivity (Wildman–Crippen MR) is 103 cm³/mol. The van der Waals surface area contributed by atoms with Gasteiger partial charge in [0.25, 0.3) is 0 Å². The summed E-state index contributed by atoms with van der Waals surface area (Å²) in [7, 11) is -3.02. The summed E-state index contributed by atoms with van der Waals surface area (Å²) in [6.45, 7) is 1.28. The summed E-state index contributed by atoms with van der Waals surface area (Å²) in [5.41, 5.74) is 1.50. The van der Waals surface area contributed by atoms with Crippen molar-refractivity contribution in [3.63, 3.8) is 0 Å². The van der Waals surface area contributed by atoms with Crippen molar-refractivity contribution in [2.24, 2.45) is 0 Å². The standard InChI is InChI=1S/C19H19F2N3O3S/c1-28(26,27)15-6-8-23(9-7-15)13-2-4-14(5-3-13)24-18-12(11-22-24)10-16(20)19(25)17(18)21/h2-5,10-11,15,25H,6-9H2,1H3. The number of benzene rings is 2. The number of hydrogen-bond acceptors (Lipinski definition) is 5. The van der Waals surface area contributed by atoms with Crippen LogP contribution in [0, 0.1) is 11.6 Å². The van der Waals surface area contributed by atoms with Crippen LogP contribution < -0.4 is 4.90 Å². The van der Waals surface area contributed by atoms with Gasteiger partial charge in [0.05, 0.1) is 17.1 Å². The van der Waals surface area contributed by atoms with E-state index >= 15 is 0 Å². The summed E-state index contributed by atoms with van der Waals surface area (Å²) in [4.78, 5) is 2.11. The van der Waals surface area contributed by atoms with Crippen molar-refractivity contribution < 1.29 is 22.3 Å². The maximum atomic E-state index is 14.3. The average molecular weight is 407 g/mol. The van der Waals surface area contributed by atoms with Gasteiger partial charge in [-0.25, -0.2) is 21.9 Å². The van der Waals surface area contributed by atoms with Crippen molar-refractivity contribution in [1.82, 2.24) is 9.78 Å². The molecule has 4 rings (SSSR count). The predicted octanol–water partition coefficient (Wildman–Crippen LogP) is 3.02. The number of piperidine rings is 1. The SMILES string of the molecule is CS(=O)(=O)C1CCN(c2ccc(-n3ncc4cc(F)c(O)c(F)c43)cc2)CC1. The molecule has 3 aromatic rings. The van der Waals surface area contributed by atoms with E-state index in [0.717, 1.165) is 11.8 Å². The first-order chi connectivity index (χ1) is 13.3. The van der Waals surface area contributed by atoms with Crippen LogP contribution in [0.2, 0.25) is 0 Å². The lowest BCUT2D eigenvalue weighted by Crippen LogP contribution is -2.39. The highest BCUT2D eigenvalue weighted by Gasteiger charge is 2.26. The summed E-state index contributed by atoms with van der Waals surface area (Å²) >= 11 is 0. The number of hydrogen-bond donors (Lipinski definition) is 1. The Kier molecular flexibility index (Phi) is 4.49. The number of nitrogens with zero attached hydrogens (tertiary/aromatic N) is 3. The Morgan fingerprint density at radius 1 is 1.11 bits per heavy atom. The Morgan fingerprint density at radius 2 is 1.71 bits per heavy atom. The maximum Gasteiger partial charge on any atom is 0.194 e. The van der Waals surface area contributed by atoms with Crippen LogP contribution in [0.5, 0.6) is 5.75 Å². The average Bonchev–Trinajstić information content (AvgIpc) is 3.09. The zero-order valence-corrected chi connectivity index (χ0v) is 16.0. The van der Waals surface area contributed by atoms with E-state index in [9.17, 15) is 22.3 Å². The van der Waals surface area contributed by atoms with Gasteiger partial charge < -0.3 is 10.0 Å². The smallest absolute Gasteiger partial charge is 0.194 e. The second kappa shape index (κ2) is 6.73. The summed E-state index contributed by atoms with van der Waals surface area (Å²) < 4.78 is 52.5. The number of phenolic OH excluding ortho intramolecular Hbond substituents is 1. The molecule has 1 N–H and O–H groups in total. The molecule has 0 spiro atoms. The number of aromatic nitrogens is 2. The molecule has 6 nitrogen and oxygen atoms in total. The highest BCUT2D eigenvalue weighted by atomic mass is 32.2. The maximum absolute atomic E-state index is 14.3. The van der Waals surface area contributed by atoms with E-state index in [1.54, 1.807) is 12.1 Å². The molecule has 0 atom stereocenters. The monoisotopic (exact) mass is 407 g/mol. The topological polar surface area (TPSA) is 75.4 Å².